The molecular weight excluding hydrogens is 344 g/mol. The van der Waals surface area contributed by atoms with E-state index in [-0.39, 0.29) is 36.6 Å². The van der Waals surface area contributed by atoms with Crippen molar-refractivity contribution in [3.05, 3.63) is 41.6 Å². The lowest BCUT2D eigenvalue weighted by Gasteiger charge is -2.36. The molecule has 0 bridgehead atoms. The van der Waals surface area contributed by atoms with E-state index in [1.165, 1.54) is 6.92 Å². The van der Waals surface area contributed by atoms with Gasteiger partial charge in [-0.3, -0.25) is 14.4 Å². The molecular formula is C21H26N2O4. The molecule has 1 fully saturated rings. The van der Waals surface area contributed by atoms with Gasteiger partial charge in [0.15, 0.2) is 0 Å². The summed E-state index contributed by atoms with van der Waals surface area (Å²) in [5.74, 6) is -0.615. The molecule has 0 saturated carbocycles. The molecule has 2 aliphatic rings. The number of piperidine rings is 1. The summed E-state index contributed by atoms with van der Waals surface area (Å²) in [6.07, 6.45) is 6.51. The summed E-state index contributed by atoms with van der Waals surface area (Å²) in [7, 11) is 0. The minimum absolute atomic E-state index is 0.0244. The molecule has 1 aromatic carbocycles. The van der Waals surface area contributed by atoms with Gasteiger partial charge in [-0.2, -0.15) is 0 Å². The van der Waals surface area contributed by atoms with Gasteiger partial charge in [0.05, 0.1) is 12.5 Å². The van der Waals surface area contributed by atoms with Crippen molar-refractivity contribution >= 4 is 23.9 Å². The van der Waals surface area contributed by atoms with Crippen LogP contribution in [0.25, 0.3) is 6.08 Å². The van der Waals surface area contributed by atoms with Crippen molar-refractivity contribution in [3.63, 3.8) is 0 Å². The Morgan fingerprint density at radius 2 is 2.00 bits per heavy atom. The van der Waals surface area contributed by atoms with Crippen LogP contribution in [0.3, 0.4) is 0 Å². The Kier molecular flexibility index (Phi) is 5.94. The van der Waals surface area contributed by atoms with E-state index >= 15 is 0 Å². The Bertz CT molecular complexity index is 758. The number of fused-ring (bicyclic) bond motifs is 1. The number of carboxylic acids is 1. The molecule has 0 radical (unpaired) electrons. The van der Waals surface area contributed by atoms with E-state index in [1.54, 1.807) is 11.1 Å². The van der Waals surface area contributed by atoms with Crippen LogP contribution in [0.4, 0.5) is 0 Å². The number of rotatable bonds is 5. The molecule has 1 aromatic rings. The number of likely N-dealkylation sites (tertiary alicyclic amines) is 1. The number of hydrogen-bond acceptors (Lipinski definition) is 3. The fourth-order valence-electron chi connectivity index (χ4n) is 4.06. The van der Waals surface area contributed by atoms with Crippen LogP contribution < -0.4 is 0 Å². The normalized spacial score (nSPS) is 21.7. The lowest BCUT2D eigenvalue weighted by molar-refractivity contribution is -0.137. The first-order valence-electron chi connectivity index (χ1n) is 9.51. The second-order valence-corrected chi connectivity index (χ2v) is 7.37. The third-order valence-electron chi connectivity index (χ3n) is 5.48. The van der Waals surface area contributed by atoms with E-state index in [9.17, 15) is 14.4 Å². The fraction of sp³-hybridized carbons (Fsp3) is 0.476. The fourth-order valence-corrected chi connectivity index (χ4v) is 4.06. The average molecular weight is 370 g/mol. The van der Waals surface area contributed by atoms with Crippen LogP contribution in [0.5, 0.6) is 0 Å². The molecule has 0 aliphatic carbocycles. The van der Waals surface area contributed by atoms with E-state index in [2.05, 4.69) is 0 Å². The van der Waals surface area contributed by atoms with Crippen molar-refractivity contribution < 1.29 is 19.5 Å². The lowest BCUT2D eigenvalue weighted by Crippen LogP contribution is -2.42. The lowest BCUT2D eigenvalue weighted by atomic mass is 9.91. The highest BCUT2D eigenvalue weighted by Crippen LogP contribution is 2.34. The van der Waals surface area contributed by atoms with Crippen molar-refractivity contribution in [2.75, 3.05) is 13.1 Å². The molecule has 2 aliphatic heterocycles. The minimum atomic E-state index is -0.791. The molecule has 1 N–H and O–H groups in total. The number of carboxylic acid groups (broad SMARTS) is 1. The molecule has 27 heavy (non-hydrogen) atoms. The Hall–Kier alpha value is -2.63. The molecule has 3 rings (SSSR count). The summed E-state index contributed by atoms with van der Waals surface area (Å²) < 4.78 is 0. The summed E-state index contributed by atoms with van der Waals surface area (Å²) in [5, 5.41) is 8.89. The molecule has 0 unspecified atom stereocenters. The molecule has 1 saturated heterocycles. The van der Waals surface area contributed by atoms with E-state index in [0.29, 0.717) is 19.5 Å². The Morgan fingerprint density at radius 1 is 1.22 bits per heavy atom. The number of hydrogen-bond donors (Lipinski definition) is 1. The maximum Gasteiger partial charge on any atom is 0.303 e. The van der Waals surface area contributed by atoms with Crippen LogP contribution in [0.2, 0.25) is 0 Å². The third-order valence-corrected chi connectivity index (χ3v) is 5.48. The third kappa shape index (κ3) is 4.56. The number of carbonyl (C=O) groups excluding carboxylic acids is 2. The highest BCUT2D eigenvalue weighted by atomic mass is 16.4. The topological polar surface area (TPSA) is 77.9 Å². The predicted molar refractivity (Wildman–Crippen MR) is 102 cm³/mol. The summed E-state index contributed by atoms with van der Waals surface area (Å²) in [6.45, 7) is 2.82. The Labute approximate surface area is 159 Å². The maximum atomic E-state index is 13.0. The SMILES string of the molecule is CC(=O)N1C=Cc2ccccc2[C@H]1CC(=O)N1CCC[C@H](CCC(=O)O)C1. The number of benzene rings is 1. The molecule has 0 aromatic heterocycles. The second-order valence-electron chi connectivity index (χ2n) is 7.37. The van der Waals surface area contributed by atoms with Gasteiger partial charge in [0, 0.05) is 32.6 Å². The minimum Gasteiger partial charge on any atom is -0.481 e. The number of carbonyl (C=O) groups is 3. The summed E-state index contributed by atoms with van der Waals surface area (Å²) in [6, 6.07) is 7.54. The quantitative estimate of drug-likeness (QED) is 0.864. The van der Waals surface area contributed by atoms with Gasteiger partial charge in [-0.25, -0.2) is 0 Å². The highest BCUT2D eigenvalue weighted by molar-refractivity contribution is 5.82. The van der Waals surface area contributed by atoms with Crippen molar-refractivity contribution in [2.24, 2.45) is 5.92 Å². The van der Waals surface area contributed by atoms with E-state index in [1.807, 2.05) is 35.2 Å². The first-order valence-corrected chi connectivity index (χ1v) is 9.51. The van der Waals surface area contributed by atoms with Crippen LogP contribution in [0.1, 0.15) is 56.2 Å². The highest BCUT2D eigenvalue weighted by Gasteiger charge is 2.31. The smallest absolute Gasteiger partial charge is 0.303 e. The van der Waals surface area contributed by atoms with Gasteiger partial charge in [0.25, 0.3) is 0 Å². The largest absolute Gasteiger partial charge is 0.481 e. The van der Waals surface area contributed by atoms with Crippen LogP contribution in [0, 0.1) is 5.92 Å². The standard InChI is InChI=1S/C21H26N2O4/c1-15(24)23-12-10-17-6-2-3-7-18(17)19(23)13-20(25)22-11-4-5-16(14-22)8-9-21(26)27/h2-3,6-7,10,12,16,19H,4-5,8-9,11,13-14H2,1H3,(H,26,27)/t16-,19-/m1/s1. The second kappa shape index (κ2) is 8.37. The molecule has 144 valence electrons. The number of nitrogens with zero attached hydrogens (tertiary/aromatic N) is 2. The van der Waals surface area contributed by atoms with Crippen molar-refractivity contribution in [2.45, 2.75) is 45.1 Å². The maximum absolute atomic E-state index is 13.0. The first-order chi connectivity index (χ1) is 13.0. The molecule has 2 heterocycles. The van der Waals surface area contributed by atoms with Crippen molar-refractivity contribution in [3.8, 4) is 0 Å². The van der Waals surface area contributed by atoms with Crippen LogP contribution in [-0.2, 0) is 14.4 Å². The van der Waals surface area contributed by atoms with Gasteiger partial charge >= 0.3 is 5.97 Å². The number of aliphatic carboxylic acids is 1. The van der Waals surface area contributed by atoms with Gasteiger partial charge in [0.1, 0.15) is 0 Å². The van der Waals surface area contributed by atoms with Gasteiger partial charge in [-0.1, -0.05) is 24.3 Å². The van der Waals surface area contributed by atoms with Crippen LogP contribution in [-0.4, -0.2) is 45.8 Å². The summed E-state index contributed by atoms with van der Waals surface area (Å²) >= 11 is 0. The Balaban J connectivity index is 1.70. The van der Waals surface area contributed by atoms with Crippen LogP contribution >= 0.6 is 0 Å². The van der Waals surface area contributed by atoms with Gasteiger partial charge < -0.3 is 14.9 Å². The molecule has 6 heteroatoms. The molecule has 0 spiro atoms. The zero-order chi connectivity index (χ0) is 19.4. The molecule has 2 amide bonds. The molecule has 6 nitrogen and oxygen atoms in total. The predicted octanol–water partition coefficient (Wildman–Crippen LogP) is 3.05. The van der Waals surface area contributed by atoms with E-state index in [0.717, 1.165) is 24.0 Å². The zero-order valence-electron chi connectivity index (χ0n) is 15.6. The monoisotopic (exact) mass is 370 g/mol. The summed E-state index contributed by atoms with van der Waals surface area (Å²) in [5.41, 5.74) is 2.02. The van der Waals surface area contributed by atoms with Crippen molar-refractivity contribution in [1.82, 2.24) is 9.80 Å². The van der Waals surface area contributed by atoms with Gasteiger partial charge in [-0.15, -0.1) is 0 Å². The van der Waals surface area contributed by atoms with Crippen molar-refractivity contribution in [1.29, 1.82) is 0 Å². The summed E-state index contributed by atoms with van der Waals surface area (Å²) in [4.78, 5) is 39.3. The average Bonchev–Trinajstić information content (AvgIpc) is 2.66. The molecule has 2 atom stereocenters. The number of amides is 2. The first kappa shape index (κ1) is 19.1. The van der Waals surface area contributed by atoms with Gasteiger partial charge in [-0.05, 0) is 42.4 Å². The van der Waals surface area contributed by atoms with E-state index < -0.39 is 5.97 Å². The zero-order valence-corrected chi connectivity index (χ0v) is 15.6. The Morgan fingerprint density at radius 3 is 2.74 bits per heavy atom. The van der Waals surface area contributed by atoms with E-state index in [4.69, 9.17) is 5.11 Å². The van der Waals surface area contributed by atoms with Gasteiger partial charge in [0.2, 0.25) is 11.8 Å². The van der Waals surface area contributed by atoms with Crippen LogP contribution in [0.15, 0.2) is 30.5 Å².